The van der Waals surface area contributed by atoms with Crippen molar-refractivity contribution in [3.05, 3.63) is 72.4 Å². The summed E-state index contributed by atoms with van der Waals surface area (Å²) < 4.78 is 15.3. The molecule has 25 heavy (non-hydrogen) atoms. The minimum atomic E-state index is -0.251. The fraction of sp³-hybridized carbons (Fsp3) is 0.100. The Morgan fingerprint density at radius 3 is 2.36 bits per heavy atom. The number of halogens is 1. The van der Waals surface area contributed by atoms with Gasteiger partial charge in [-0.1, -0.05) is 29.8 Å². The highest BCUT2D eigenvalue weighted by Gasteiger charge is 2.16. The minimum Gasteiger partial charge on any atom is -0.301 e. The SMILES string of the molecule is CSc1ncnc2c1c(-c1ccc(C)cc1)cn2-c1ccc(F)cc1. The van der Waals surface area contributed by atoms with Gasteiger partial charge >= 0.3 is 0 Å². The minimum absolute atomic E-state index is 0.251. The molecule has 0 fully saturated rings. The number of aromatic nitrogens is 3. The van der Waals surface area contributed by atoms with Crippen molar-refractivity contribution in [2.24, 2.45) is 0 Å². The lowest BCUT2D eigenvalue weighted by Crippen LogP contribution is -1.94. The average molecular weight is 349 g/mol. The fourth-order valence-electron chi connectivity index (χ4n) is 2.94. The smallest absolute Gasteiger partial charge is 0.149 e. The molecular weight excluding hydrogens is 333 g/mol. The molecule has 0 spiro atoms. The first-order valence-electron chi connectivity index (χ1n) is 7.90. The van der Waals surface area contributed by atoms with Gasteiger partial charge in [0.1, 0.15) is 22.8 Å². The van der Waals surface area contributed by atoms with E-state index in [4.69, 9.17) is 0 Å². The number of hydrogen-bond donors (Lipinski definition) is 0. The van der Waals surface area contributed by atoms with E-state index in [0.29, 0.717) is 0 Å². The molecule has 2 aromatic heterocycles. The van der Waals surface area contributed by atoms with Crippen molar-refractivity contribution in [1.82, 2.24) is 14.5 Å². The van der Waals surface area contributed by atoms with E-state index in [0.717, 1.165) is 32.9 Å². The molecular formula is C20H16FN3S. The van der Waals surface area contributed by atoms with Crippen LogP contribution in [-0.2, 0) is 0 Å². The van der Waals surface area contributed by atoms with Crippen LogP contribution in [0.2, 0.25) is 0 Å². The Morgan fingerprint density at radius 1 is 0.960 bits per heavy atom. The van der Waals surface area contributed by atoms with Gasteiger partial charge in [-0.3, -0.25) is 0 Å². The van der Waals surface area contributed by atoms with Gasteiger partial charge in [-0.05, 0) is 43.0 Å². The maximum absolute atomic E-state index is 13.3. The number of thioether (sulfide) groups is 1. The van der Waals surface area contributed by atoms with Gasteiger partial charge in [-0.25, -0.2) is 14.4 Å². The number of fused-ring (bicyclic) bond motifs is 1. The van der Waals surface area contributed by atoms with Crippen LogP contribution in [-0.4, -0.2) is 20.8 Å². The molecule has 0 aliphatic rings. The third-order valence-electron chi connectivity index (χ3n) is 4.21. The van der Waals surface area contributed by atoms with E-state index >= 15 is 0 Å². The van der Waals surface area contributed by atoms with E-state index in [2.05, 4.69) is 47.4 Å². The largest absolute Gasteiger partial charge is 0.301 e. The zero-order chi connectivity index (χ0) is 17.4. The summed E-state index contributed by atoms with van der Waals surface area (Å²) in [5.74, 6) is -0.251. The Hall–Kier alpha value is -2.66. The maximum Gasteiger partial charge on any atom is 0.149 e. The lowest BCUT2D eigenvalue weighted by Gasteiger charge is -2.04. The Kier molecular flexibility index (Phi) is 4.01. The fourth-order valence-corrected chi connectivity index (χ4v) is 3.50. The van der Waals surface area contributed by atoms with Crippen LogP contribution in [0.25, 0.3) is 27.8 Å². The molecule has 0 bridgehead atoms. The Morgan fingerprint density at radius 2 is 1.68 bits per heavy atom. The van der Waals surface area contributed by atoms with Crippen molar-refractivity contribution in [3.8, 4) is 16.8 Å². The second-order valence-electron chi connectivity index (χ2n) is 5.84. The highest BCUT2D eigenvalue weighted by Crippen LogP contribution is 2.36. The first-order chi connectivity index (χ1) is 12.2. The molecule has 3 nitrogen and oxygen atoms in total. The molecule has 4 aromatic rings. The van der Waals surface area contributed by atoms with Crippen LogP contribution in [0.5, 0.6) is 0 Å². The highest BCUT2D eigenvalue weighted by atomic mass is 32.2. The monoisotopic (exact) mass is 349 g/mol. The third-order valence-corrected chi connectivity index (χ3v) is 4.91. The van der Waals surface area contributed by atoms with Gasteiger partial charge in [-0.15, -0.1) is 11.8 Å². The molecule has 0 saturated carbocycles. The summed E-state index contributed by atoms with van der Waals surface area (Å²) in [7, 11) is 0. The van der Waals surface area contributed by atoms with Gasteiger partial charge in [0.25, 0.3) is 0 Å². The zero-order valence-corrected chi connectivity index (χ0v) is 14.7. The second kappa shape index (κ2) is 6.33. The standard InChI is InChI=1S/C20H16FN3S/c1-13-3-5-14(6-4-13)17-11-24(16-9-7-15(21)8-10-16)19-18(17)20(25-2)23-12-22-19/h3-12H,1-2H3. The molecule has 0 atom stereocenters. The van der Waals surface area contributed by atoms with Crippen molar-refractivity contribution in [2.75, 3.05) is 6.26 Å². The summed E-state index contributed by atoms with van der Waals surface area (Å²) in [6.45, 7) is 2.07. The van der Waals surface area contributed by atoms with E-state index in [1.54, 1.807) is 30.2 Å². The first-order valence-corrected chi connectivity index (χ1v) is 9.13. The van der Waals surface area contributed by atoms with E-state index in [9.17, 15) is 4.39 Å². The van der Waals surface area contributed by atoms with E-state index in [1.165, 1.54) is 17.7 Å². The number of benzene rings is 2. The van der Waals surface area contributed by atoms with Crippen molar-refractivity contribution in [3.63, 3.8) is 0 Å². The van der Waals surface area contributed by atoms with E-state index in [1.807, 2.05) is 10.8 Å². The van der Waals surface area contributed by atoms with E-state index < -0.39 is 0 Å². The molecule has 2 aromatic carbocycles. The summed E-state index contributed by atoms with van der Waals surface area (Å²) in [6, 6.07) is 14.8. The molecule has 0 aliphatic carbocycles. The number of nitrogens with zero attached hydrogens (tertiary/aromatic N) is 3. The van der Waals surface area contributed by atoms with Crippen molar-refractivity contribution >= 4 is 22.8 Å². The zero-order valence-electron chi connectivity index (χ0n) is 13.9. The van der Waals surface area contributed by atoms with Crippen LogP contribution in [0.4, 0.5) is 4.39 Å². The Labute approximate surface area is 149 Å². The van der Waals surface area contributed by atoms with Crippen LogP contribution in [0, 0.1) is 12.7 Å². The molecule has 0 unspecified atom stereocenters. The normalized spacial score (nSPS) is 11.2. The summed E-state index contributed by atoms with van der Waals surface area (Å²) in [5.41, 5.74) is 5.09. The molecule has 0 amide bonds. The van der Waals surface area contributed by atoms with Crippen LogP contribution >= 0.6 is 11.8 Å². The molecule has 124 valence electrons. The number of aryl methyl sites for hydroxylation is 1. The molecule has 5 heteroatoms. The topological polar surface area (TPSA) is 30.7 Å². The Balaban J connectivity index is 2.02. The summed E-state index contributed by atoms with van der Waals surface area (Å²) in [4.78, 5) is 8.93. The number of rotatable bonds is 3. The summed E-state index contributed by atoms with van der Waals surface area (Å²) in [5, 5.41) is 1.95. The molecule has 0 N–H and O–H groups in total. The average Bonchev–Trinajstić information content (AvgIpc) is 3.03. The first kappa shape index (κ1) is 15.8. The van der Waals surface area contributed by atoms with Crippen LogP contribution < -0.4 is 0 Å². The molecule has 0 saturated heterocycles. The van der Waals surface area contributed by atoms with Gasteiger partial charge in [0.2, 0.25) is 0 Å². The number of hydrogen-bond acceptors (Lipinski definition) is 3. The van der Waals surface area contributed by atoms with Crippen molar-refractivity contribution in [2.45, 2.75) is 11.9 Å². The van der Waals surface area contributed by atoms with Gasteiger partial charge in [-0.2, -0.15) is 0 Å². The molecule has 2 heterocycles. The molecule has 0 aliphatic heterocycles. The van der Waals surface area contributed by atoms with Crippen molar-refractivity contribution in [1.29, 1.82) is 0 Å². The van der Waals surface area contributed by atoms with Crippen LogP contribution in [0.1, 0.15) is 5.56 Å². The van der Waals surface area contributed by atoms with Crippen molar-refractivity contribution < 1.29 is 4.39 Å². The predicted octanol–water partition coefficient (Wildman–Crippen LogP) is 5.26. The Bertz CT molecular complexity index is 1040. The van der Waals surface area contributed by atoms with E-state index in [-0.39, 0.29) is 5.82 Å². The lowest BCUT2D eigenvalue weighted by molar-refractivity contribution is 0.627. The lowest BCUT2D eigenvalue weighted by atomic mass is 10.1. The second-order valence-corrected chi connectivity index (χ2v) is 6.63. The predicted molar refractivity (Wildman–Crippen MR) is 101 cm³/mol. The van der Waals surface area contributed by atoms with Gasteiger partial charge in [0.05, 0.1) is 5.39 Å². The summed E-state index contributed by atoms with van der Waals surface area (Å²) in [6.07, 6.45) is 5.64. The van der Waals surface area contributed by atoms with Crippen LogP contribution in [0.3, 0.4) is 0 Å². The third kappa shape index (κ3) is 2.81. The molecule has 4 rings (SSSR count). The maximum atomic E-state index is 13.3. The highest BCUT2D eigenvalue weighted by molar-refractivity contribution is 7.98. The quantitative estimate of drug-likeness (QED) is 0.373. The van der Waals surface area contributed by atoms with Gasteiger partial charge in [0, 0.05) is 17.4 Å². The summed E-state index contributed by atoms with van der Waals surface area (Å²) >= 11 is 1.60. The van der Waals surface area contributed by atoms with Crippen LogP contribution in [0.15, 0.2) is 66.1 Å². The van der Waals surface area contributed by atoms with Gasteiger partial charge < -0.3 is 4.57 Å². The van der Waals surface area contributed by atoms with Gasteiger partial charge in [0.15, 0.2) is 0 Å². The molecule has 0 radical (unpaired) electrons.